The molecule has 0 spiro atoms. The molecule has 28 heavy (non-hydrogen) atoms. The predicted octanol–water partition coefficient (Wildman–Crippen LogP) is 3.77. The molecule has 2 rings (SSSR count). The molecule has 1 aromatic heterocycles. The molecule has 1 atom stereocenters. The summed E-state index contributed by atoms with van der Waals surface area (Å²) in [6.07, 6.45) is 1.83. The topological polar surface area (TPSA) is 67.8 Å². The fraction of sp³-hybridized carbons (Fsp3) is 0.429. The molecule has 0 amide bonds. The van der Waals surface area contributed by atoms with Gasteiger partial charge in [-0.2, -0.15) is 0 Å². The van der Waals surface area contributed by atoms with Crippen LogP contribution in [0.15, 0.2) is 35.5 Å². The van der Waals surface area contributed by atoms with Crippen molar-refractivity contribution in [3.63, 3.8) is 0 Å². The number of ether oxygens (including phenoxy) is 2. The van der Waals surface area contributed by atoms with Crippen molar-refractivity contribution in [2.24, 2.45) is 4.99 Å². The highest BCUT2D eigenvalue weighted by atomic mass is 127. The number of halogens is 1. The summed E-state index contributed by atoms with van der Waals surface area (Å²) in [4.78, 5) is 8.77. The highest BCUT2D eigenvalue weighted by Crippen LogP contribution is 2.23. The number of benzene rings is 1. The van der Waals surface area contributed by atoms with Crippen LogP contribution in [0.5, 0.6) is 11.5 Å². The molecule has 6 nitrogen and oxygen atoms in total. The van der Waals surface area contributed by atoms with Crippen LogP contribution in [0.3, 0.4) is 0 Å². The Bertz CT molecular complexity index is 796. The van der Waals surface area contributed by atoms with Crippen LogP contribution in [0.2, 0.25) is 0 Å². The number of nitrogens with zero attached hydrogens (tertiary/aromatic N) is 2. The van der Waals surface area contributed by atoms with Gasteiger partial charge in [0.25, 0.3) is 0 Å². The summed E-state index contributed by atoms with van der Waals surface area (Å²) in [5, 5.41) is 6.59. The van der Waals surface area contributed by atoms with Crippen molar-refractivity contribution in [3.8, 4) is 11.5 Å². The van der Waals surface area contributed by atoms with E-state index in [2.05, 4.69) is 20.6 Å². The van der Waals surface area contributed by atoms with Crippen LogP contribution in [0, 0.1) is 20.8 Å². The molecule has 0 radical (unpaired) electrons. The molecule has 2 aromatic rings. The second kappa shape index (κ2) is 11.7. The molecule has 0 saturated heterocycles. The van der Waals surface area contributed by atoms with Gasteiger partial charge in [0.2, 0.25) is 0 Å². The number of aliphatic imine (C=N–C) groups is 1. The molecule has 0 fully saturated rings. The molecule has 0 aliphatic carbocycles. The van der Waals surface area contributed by atoms with E-state index in [9.17, 15) is 0 Å². The number of aryl methyl sites for hydroxylation is 2. The van der Waals surface area contributed by atoms with Gasteiger partial charge in [0.05, 0.1) is 25.9 Å². The van der Waals surface area contributed by atoms with Crippen molar-refractivity contribution in [3.05, 3.63) is 52.8 Å². The average Bonchev–Trinajstić information content (AvgIpc) is 2.65. The number of methoxy groups -OCH3 is 1. The number of rotatable bonds is 7. The Morgan fingerprint density at radius 3 is 2.50 bits per heavy atom. The molecule has 0 bridgehead atoms. The van der Waals surface area contributed by atoms with E-state index in [-0.39, 0.29) is 30.1 Å². The number of aromatic nitrogens is 1. The van der Waals surface area contributed by atoms with Gasteiger partial charge >= 0.3 is 0 Å². The van der Waals surface area contributed by atoms with Crippen molar-refractivity contribution in [1.29, 1.82) is 0 Å². The third-order valence-corrected chi connectivity index (χ3v) is 4.38. The zero-order valence-electron chi connectivity index (χ0n) is 17.5. The van der Waals surface area contributed by atoms with E-state index in [0.717, 1.165) is 33.9 Å². The Hall–Kier alpha value is -2.03. The molecular formula is C21H31IN4O2. The summed E-state index contributed by atoms with van der Waals surface area (Å²) >= 11 is 0. The summed E-state index contributed by atoms with van der Waals surface area (Å²) < 4.78 is 11.5. The lowest BCUT2D eigenvalue weighted by molar-refractivity contribution is 0.222. The fourth-order valence-electron chi connectivity index (χ4n) is 2.82. The van der Waals surface area contributed by atoms with Crippen molar-refractivity contribution >= 4 is 29.9 Å². The number of guanidine groups is 1. The molecule has 154 valence electrons. The monoisotopic (exact) mass is 498 g/mol. The first-order valence-electron chi connectivity index (χ1n) is 9.12. The minimum atomic E-state index is 0. The van der Waals surface area contributed by atoms with Gasteiger partial charge in [0, 0.05) is 24.4 Å². The predicted molar refractivity (Wildman–Crippen MR) is 125 cm³/mol. The number of hydrogen-bond acceptors (Lipinski definition) is 4. The average molecular weight is 498 g/mol. The molecule has 1 aromatic carbocycles. The Morgan fingerprint density at radius 1 is 1.14 bits per heavy atom. The maximum Gasteiger partial charge on any atom is 0.191 e. The Balaban J connectivity index is 0.00000392. The van der Waals surface area contributed by atoms with Crippen LogP contribution in [0.1, 0.15) is 29.3 Å². The fourth-order valence-corrected chi connectivity index (χ4v) is 2.82. The van der Waals surface area contributed by atoms with Gasteiger partial charge in [0.15, 0.2) is 5.96 Å². The normalized spacial score (nSPS) is 12.0. The van der Waals surface area contributed by atoms with Crippen molar-refractivity contribution < 1.29 is 9.47 Å². The van der Waals surface area contributed by atoms with E-state index in [1.165, 1.54) is 0 Å². The molecule has 7 heteroatoms. The molecule has 1 unspecified atom stereocenters. The minimum absolute atomic E-state index is 0. The van der Waals surface area contributed by atoms with Crippen molar-refractivity contribution in [2.75, 3.05) is 20.7 Å². The summed E-state index contributed by atoms with van der Waals surface area (Å²) in [5.41, 5.74) is 4.13. The van der Waals surface area contributed by atoms with Gasteiger partial charge < -0.3 is 20.1 Å². The summed E-state index contributed by atoms with van der Waals surface area (Å²) in [5.74, 6) is 2.49. The highest BCUT2D eigenvalue weighted by Gasteiger charge is 2.11. The Labute approximate surface area is 185 Å². The van der Waals surface area contributed by atoms with E-state index in [1.54, 1.807) is 14.2 Å². The second-order valence-corrected chi connectivity index (χ2v) is 6.55. The van der Waals surface area contributed by atoms with Gasteiger partial charge in [-0.05, 0) is 39.3 Å². The third kappa shape index (κ3) is 6.54. The molecule has 0 aliphatic rings. The maximum absolute atomic E-state index is 5.99. The first kappa shape index (κ1) is 24.0. The summed E-state index contributed by atoms with van der Waals surface area (Å²) in [7, 11) is 3.43. The quantitative estimate of drug-likeness (QED) is 0.346. The van der Waals surface area contributed by atoms with E-state index in [1.807, 2.05) is 58.2 Å². The minimum Gasteiger partial charge on any atom is -0.496 e. The van der Waals surface area contributed by atoms with Crippen LogP contribution >= 0.6 is 24.0 Å². The molecular weight excluding hydrogens is 467 g/mol. The van der Waals surface area contributed by atoms with Crippen LogP contribution in [0.25, 0.3) is 0 Å². The van der Waals surface area contributed by atoms with Crippen LogP contribution in [-0.4, -0.2) is 37.7 Å². The molecule has 1 heterocycles. The summed E-state index contributed by atoms with van der Waals surface area (Å²) in [6, 6.07) is 8.01. The number of nitrogens with one attached hydrogen (secondary N) is 2. The molecule has 2 N–H and O–H groups in total. The SMILES string of the molecule is CN=C(NCc1ncc(C)c(OC)c1C)NCC(C)Oc1ccccc1C.I. The van der Waals surface area contributed by atoms with Gasteiger partial charge in [-0.1, -0.05) is 18.2 Å². The van der Waals surface area contributed by atoms with E-state index in [4.69, 9.17) is 9.47 Å². The first-order chi connectivity index (χ1) is 13.0. The van der Waals surface area contributed by atoms with Crippen molar-refractivity contribution in [2.45, 2.75) is 40.3 Å². The largest absolute Gasteiger partial charge is 0.496 e. The van der Waals surface area contributed by atoms with Gasteiger partial charge in [0.1, 0.15) is 17.6 Å². The zero-order valence-corrected chi connectivity index (χ0v) is 19.8. The standard InChI is InChI=1S/C21H30N4O2.HI/c1-14-9-7-8-10-19(14)27-16(3)12-24-21(22-5)25-13-18-17(4)20(26-6)15(2)11-23-18;/h7-11,16H,12-13H2,1-6H3,(H2,22,24,25);1H. The van der Waals surface area contributed by atoms with Gasteiger partial charge in [-0.25, -0.2) is 0 Å². The van der Waals surface area contributed by atoms with Crippen LogP contribution in [-0.2, 0) is 6.54 Å². The maximum atomic E-state index is 5.99. The lowest BCUT2D eigenvalue weighted by Crippen LogP contribution is -2.41. The number of hydrogen-bond donors (Lipinski definition) is 2. The van der Waals surface area contributed by atoms with Crippen LogP contribution < -0.4 is 20.1 Å². The smallest absolute Gasteiger partial charge is 0.191 e. The van der Waals surface area contributed by atoms with Crippen LogP contribution in [0.4, 0.5) is 0 Å². The Kier molecular flexibility index (Phi) is 10.1. The summed E-state index contributed by atoms with van der Waals surface area (Å²) in [6.45, 7) is 9.29. The highest BCUT2D eigenvalue weighted by molar-refractivity contribution is 14.0. The molecule has 0 saturated carbocycles. The number of pyridine rings is 1. The van der Waals surface area contributed by atoms with E-state index >= 15 is 0 Å². The molecule has 0 aliphatic heterocycles. The first-order valence-corrected chi connectivity index (χ1v) is 9.12. The third-order valence-electron chi connectivity index (χ3n) is 4.38. The lowest BCUT2D eigenvalue weighted by Gasteiger charge is -2.19. The van der Waals surface area contributed by atoms with E-state index in [0.29, 0.717) is 19.0 Å². The van der Waals surface area contributed by atoms with Gasteiger partial charge in [-0.3, -0.25) is 9.98 Å². The zero-order chi connectivity index (χ0) is 19.8. The Morgan fingerprint density at radius 2 is 1.86 bits per heavy atom. The second-order valence-electron chi connectivity index (χ2n) is 6.55. The number of para-hydroxylation sites is 1. The van der Waals surface area contributed by atoms with Crippen molar-refractivity contribution in [1.82, 2.24) is 15.6 Å². The van der Waals surface area contributed by atoms with E-state index < -0.39 is 0 Å². The van der Waals surface area contributed by atoms with Gasteiger partial charge in [-0.15, -0.1) is 24.0 Å². The lowest BCUT2D eigenvalue weighted by atomic mass is 10.1.